The van der Waals surface area contributed by atoms with E-state index in [9.17, 15) is 0 Å². The first kappa shape index (κ1) is 20.2. The second-order valence-electron chi connectivity index (χ2n) is 6.00. The van der Waals surface area contributed by atoms with Crippen molar-refractivity contribution in [3.05, 3.63) is 35.4 Å². The van der Waals surface area contributed by atoms with Gasteiger partial charge in [0.05, 0.1) is 6.54 Å². The van der Waals surface area contributed by atoms with E-state index in [1.54, 1.807) is 0 Å². The minimum Gasteiger partial charge on any atom is -0.370 e. The maximum atomic E-state index is 6.01. The number of nitrogens with two attached hydrogens (primary N) is 1. The Morgan fingerprint density at radius 1 is 1.04 bits per heavy atom. The fourth-order valence-corrected chi connectivity index (χ4v) is 2.95. The summed E-state index contributed by atoms with van der Waals surface area (Å²) in [7, 11) is 0. The fourth-order valence-electron chi connectivity index (χ4n) is 2.95. The molecule has 1 saturated heterocycles. The van der Waals surface area contributed by atoms with Crippen LogP contribution < -0.4 is 5.73 Å². The highest BCUT2D eigenvalue weighted by Crippen LogP contribution is 2.14. The third kappa shape index (κ3) is 6.67. The van der Waals surface area contributed by atoms with Gasteiger partial charge in [0.15, 0.2) is 5.96 Å². The average Bonchev–Trinajstić information content (AvgIpc) is 2.56. The molecule has 130 valence electrons. The third-order valence-corrected chi connectivity index (χ3v) is 4.39. The molecule has 0 aliphatic carbocycles. The number of hydrogen-bond donors (Lipinski definition) is 1. The van der Waals surface area contributed by atoms with Crippen LogP contribution in [0.5, 0.6) is 0 Å². The first-order valence-corrected chi connectivity index (χ1v) is 8.58. The van der Waals surface area contributed by atoms with E-state index in [4.69, 9.17) is 5.73 Å². The molecule has 0 bridgehead atoms. The first-order valence-electron chi connectivity index (χ1n) is 8.58. The van der Waals surface area contributed by atoms with Gasteiger partial charge >= 0.3 is 0 Å². The van der Waals surface area contributed by atoms with Crippen molar-refractivity contribution >= 4 is 29.9 Å². The Bertz CT molecular complexity index is 462. The summed E-state index contributed by atoms with van der Waals surface area (Å²) >= 11 is 0. The molecule has 0 amide bonds. The van der Waals surface area contributed by atoms with Crippen LogP contribution in [0.4, 0.5) is 0 Å². The van der Waals surface area contributed by atoms with Crippen molar-refractivity contribution in [2.75, 3.05) is 26.2 Å². The Balaban J connectivity index is 0.00000264. The minimum absolute atomic E-state index is 0. The van der Waals surface area contributed by atoms with Crippen LogP contribution in [0.2, 0.25) is 0 Å². The molecule has 23 heavy (non-hydrogen) atoms. The normalized spacial score (nSPS) is 16.0. The van der Waals surface area contributed by atoms with Gasteiger partial charge in [-0.3, -0.25) is 4.90 Å². The van der Waals surface area contributed by atoms with Gasteiger partial charge in [-0.1, -0.05) is 30.7 Å². The second-order valence-corrected chi connectivity index (χ2v) is 6.00. The van der Waals surface area contributed by atoms with Gasteiger partial charge in [-0.05, 0) is 50.9 Å². The summed E-state index contributed by atoms with van der Waals surface area (Å²) < 4.78 is 0. The number of halogens is 1. The predicted molar refractivity (Wildman–Crippen MR) is 109 cm³/mol. The fraction of sp³-hybridized carbons (Fsp3) is 0.611. The molecular formula is C18H31IN4. The highest BCUT2D eigenvalue weighted by Gasteiger charge is 2.10. The standard InChI is InChI=1S/C18H30N4.HI/c1-3-22(4-2)18(19)20-14-16-8-10-17(11-9-16)15-21-12-6-5-7-13-21;/h8-11H,3-7,12-15H2,1-2H3,(H2,19,20);1H. The van der Waals surface area contributed by atoms with Crippen LogP contribution in [0, 0.1) is 0 Å². The molecule has 1 aliphatic rings. The van der Waals surface area contributed by atoms with Crippen molar-refractivity contribution in [2.24, 2.45) is 10.7 Å². The first-order chi connectivity index (χ1) is 10.7. The smallest absolute Gasteiger partial charge is 0.191 e. The summed E-state index contributed by atoms with van der Waals surface area (Å²) in [4.78, 5) is 9.12. The van der Waals surface area contributed by atoms with E-state index in [2.05, 4.69) is 52.9 Å². The molecule has 1 heterocycles. The van der Waals surface area contributed by atoms with Crippen LogP contribution in [-0.4, -0.2) is 41.9 Å². The van der Waals surface area contributed by atoms with Gasteiger partial charge in [0, 0.05) is 19.6 Å². The molecular weight excluding hydrogens is 399 g/mol. The van der Waals surface area contributed by atoms with Crippen LogP contribution in [0.3, 0.4) is 0 Å². The van der Waals surface area contributed by atoms with Crippen LogP contribution in [0.15, 0.2) is 29.3 Å². The Morgan fingerprint density at radius 2 is 1.61 bits per heavy atom. The molecule has 2 rings (SSSR count). The Hall–Kier alpha value is -0.820. The Morgan fingerprint density at radius 3 is 2.17 bits per heavy atom. The Labute approximate surface area is 158 Å². The molecule has 1 aliphatic heterocycles. The number of piperidine rings is 1. The van der Waals surface area contributed by atoms with Crippen LogP contribution in [-0.2, 0) is 13.1 Å². The van der Waals surface area contributed by atoms with Crippen molar-refractivity contribution in [1.29, 1.82) is 0 Å². The van der Waals surface area contributed by atoms with Gasteiger partial charge in [-0.25, -0.2) is 4.99 Å². The topological polar surface area (TPSA) is 44.9 Å². The highest BCUT2D eigenvalue weighted by molar-refractivity contribution is 14.0. The van der Waals surface area contributed by atoms with Crippen molar-refractivity contribution < 1.29 is 0 Å². The van der Waals surface area contributed by atoms with Gasteiger partial charge < -0.3 is 10.6 Å². The van der Waals surface area contributed by atoms with Crippen molar-refractivity contribution in [3.63, 3.8) is 0 Å². The second kappa shape index (κ2) is 10.9. The molecule has 1 fully saturated rings. The number of rotatable bonds is 6. The lowest BCUT2D eigenvalue weighted by molar-refractivity contribution is 0.221. The molecule has 4 nitrogen and oxygen atoms in total. The molecule has 1 aromatic carbocycles. The molecule has 0 radical (unpaired) electrons. The van der Waals surface area contributed by atoms with E-state index in [1.807, 2.05) is 0 Å². The van der Waals surface area contributed by atoms with E-state index >= 15 is 0 Å². The summed E-state index contributed by atoms with van der Waals surface area (Å²) in [5, 5.41) is 0. The van der Waals surface area contributed by atoms with E-state index in [0.717, 1.165) is 19.6 Å². The lowest BCUT2D eigenvalue weighted by atomic mass is 10.1. The van der Waals surface area contributed by atoms with Crippen LogP contribution in [0.25, 0.3) is 0 Å². The number of nitrogens with zero attached hydrogens (tertiary/aromatic N) is 3. The van der Waals surface area contributed by atoms with Crippen molar-refractivity contribution in [2.45, 2.75) is 46.2 Å². The van der Waals surface area contributed by atoms with Gasteiger partial charge in [-0.15, -0.1) is 24.0 Å². The quantitative estimate of drug-likeness (QED) is 0.427. The zero-order valence-electron chi connectivity index (χ0n) is 14.5. The average molecular weight is 430 g/mol. The zero-order valence-corrected chi connectivity index (χ0v) is 16.8. The number of guanidine groups is 1. The molecule has 2 N–H and O–H groups in total. The zero-order chi connectivity index (χ0) is 15.8. The molecule has 0 atom stereocenters. The summed E-state index contributed by atoms with van der Waals surface area (Å²) in [6, 6.07) is 8.82. The summed E-state index contributed by atoms with van der Waals surface area (Å²) in [6.45, 7) is 10.2. The molecule has 0 unspecified atom stereocenters. The van der Waals surface area contributed by atoms with E-state index < -0.39 is 0 Å². The SMILES string of the molecule is CCN(CC)C(N)=NCc1ccc(CN2CCCCC2)cc1.I. The number of aliphatic imine (C=N–C) groups is 1. The van der Waals surface area contributed by atoms with Crippen LogP contribution in [0.1, 0.15) is 44.2 Å². The summed E-state index contributed by atoms with van der Waals surface area (Å²) in [5.74, 6) is 0.641. The maximum Gasteiger partial charge on any atom is 0.191 e. The van der Waals surface area contributed by atoms with Gasteiger partial charge in [0.2, 0.25) is 0 Å². The molecule has 5 heteroatoms. The number of hydrogen-bond acceptors (Lipinski definition) is 2. The number of benzene rings is 1. The van der Waals surface area contributed by atoms with Gasteiger partial charge in [0.1, 0.15) is 0 Å². The molecule has 0 saturated carbocycles. The molecule has 0 spiro atoms. The van der Waals surface area contributed by atoms with Crippen LogP contribution >= 0.6 is 24.0 Å². The molecule has 0 aromatic heterocycles. The highest BCUT2D eigenvalue weighted by atomic mass is 127. The van der Waals surface area contributed by atoms with Gasteiger partial charge in [-0.2, -0.15) is 0 Å². The van der Waals surface area contributed by atoms with E-state index in [0.29, 0.717) is 12.5 Å². The van der Waals surface area contributed by atoms with Crippen molar-refractivity contribution in [3.8, 4) is 0 Å². The minimum atomic E-state index is 0. The lowest BCUT2D eigenvalue weighted by Crippen LogP contribution is -2.37. The maximum absolute atomic E-state index is 6.01. The van der Waals surface area contributed by atoms with Crippen molar-refractivity contribution in [1.82, 2.24) is 9.80 Å². The Kier molecular flexibility index (Phi) is 9.55. The van der Waals surface area contributed by atoms with E-state index in [1.165, 1.54) is 43.5 Å². The molecule has 1 aromatic rings. The predicted octanol–water partition coefficient (Wildman–Crippen LogP) is 3.45. The summed E-state index contributed by atoms with van der Waals surface area (Å²) in [5.41, 5.74) is 8.62. The number of likely N-dealkylation sites (tertiary alicyclic amines) is 1. The third-order valence-electron chi connectivity index (χ3n) is 4.39. The summed E-state index contributed by atoms with van der Waals surface area (Å²) in [6.07, 6.45) is 4.08. The monoisotopic (exact) mass is 430 g/mol. The van der Waals surface area contributed by atoms with E-state index in [-0.39, 0.29) is 24.0 Å². The largest absolute Gasteiger partial charge is 0.370 e. The lowest BCUT2D eigenvalue weighted by Gasteiger charge is -2.26. The van der Waals surface area contributed by atoms with Gasteiger partial charge in [0.25, 0.3) is 0 Å².